The number of amides is 1. The lowest BCUT2D eigenvalue weighted by Gasteiger charge is -2.15. The van der Waals surface area contributed by atoms with Crippen molar-refractivity contribution in [2.75, 3.05) is 27.3 Å². The van der Waals surface area contributed by atoms with E-state index in [1.54, 1.807) is 25.6 Å². The van der Waals surface area contributed by atoms with E-state index in [1.165, 1.54) is 16.0 Å². The van der Waals surface area contributed by atoms with E-state index in [0.29, 0.717) is 24.6 Å². The van der Waals surface area contributed by atoms with Crippen LogP contribution in [0.2, 0.25) is 0 Å². The van der Waals surface area contributed by atoms with Crippen LogP contribution in [-0.4, -0.2) is 33.2 Å². The summed E-state index contributed by atoms with van der Waals surface area (Å²) in [4.78, 5) is 13.7. The van der Waals surface area contributed by atoms with Gasteiger partial charge in [-0.15, -0.1) is 11.3 Å². The summed E-state index contributed by atoms with van der Waals surface area (Å²) in [5.41, 5.74) is 3.53. The van der Waals surface area contributed by atoms with Crippen molar-refractivity contribution in [3.8, 4) is 11.5 Å². The molecular formula is C24H29N2O3S+. The highest BCUT2D eigenvalue weighted by Gasteiger charge is 2.19. The molecule has 2 aromatic carbocycles. The Bertz CT molecular complexity index is 940. The number of ether oxygens (including phenoxy) is 2. The van der Waals surface area contributed by atoms with Crippen LogP contribution in [0.15, 0.2) is 60.0 Å². The van der Waals surface area contributed by atoms with Gasteiger partial charge < -0.3 is 20.1 Å². The maximum atomic E-state index is 12.4. The van der Waals surface area contributed by atoms with Gasteiger partial charge in [-0.2, -0.15) is 0 Å². The number of hydrogen-bond acceptors (Lipinski definition) is 4. The molecule has 0 radical (unpaired) electrons. The largest absolute Gasteiger partial charge is 0.493 e. The van der Waals surface area contributed by atoms with Crippen LogP contribution in [0.25, 0.3) is 0 Å². The monoisotopic (exact) mass is 425 g/mol. The van der Waals surface area contributed by atoms with E-state index in [1.807, 2.05) is 18.2 Å². The quantitative estimate of drug-likeness (QED) is 0.525. The van der Waals surface area contributed by atoms with Gasteiger partial charge in [0.25, 0.3) is 5.91 Å². The second-order valence-corrected chi connectivity index (χ2v) is 8.11. The van der Waals surface area contributed by atoms with Gasteiger partial charge in [-0.05, 0) is 42.5 Å². The molecule has 3 N–H and O–H groups in total. The Hall–Kier alpha value is -2.83. The molecule has 1 atom stereocenters. The van der Waals surface area contributed by atoms with Crippen LogP contribution in [0, 0.1) is 6.92 Å². The van der Waals surface area contributed by atoms with Gasteiger partial charge >= 0.3 is 0 Å². The van der Waals surface area contributed by atoms with E-state index in [0.717, 1.165) is 12.0 Å². The van der Waals surface area contributed by atoms with Crippen LogP contribution in [0.1, 0.15) is 27.6 Å². The highest BCUT2D eigenvalue weighted by atomic mass is 32.1. The fraction of sp³-hybridized carbons (Fsp3) is 0.292. The van der Waals surface area contributed by atoms with Crippen molar-refractivity contribution >= 4 is 17.2 Å². The van der Waals surface area contributed by atoms with E-state index in [4.69, 9.17) is 9.47 Å². The molecule has 6 heteroatoms. The smallest absolute Gasteiger partial charge is 0.275 e. The predicted molar refractivity (Wildman–Crippen MR) is 120 cm³/mol. The standard InChI is InChI=1S/C24H28N2O3S/c1-17-6-9-19(10-7-17)24(22-5-4-14-30-22)26-16-23(27)25-13-12-18-8-11-20(28-2)21(15-18)29-3/h4-11,14-15,24,26H,12-13,16H2,1-3H3,(H,25,27)/p+1/t24-/m1/s1. The fourth-order valence-electron chi connectivity index (χ4n) is 3.34. The molecular weight excluding hydrogens is 396 g/mol. The van der Waals surface area contributed by atoms with Gasteiger partial charge in [0, 0.05) is 12.1 Å². The maximum Gasteiger partial charge on any atom is 0.275 e. The Morgan fingerprint density at radius 1 is 1.07 bits per heavy atom. The summed E-state index contributed by atoms with van der Waals surface area (Å²) in [5, 5.41) is 7.20. The zero-order valence-corrected chi connectivity index (χ0v) is 18.5. The average Bonchev–Trinajstić information content (AvgIpc) is 3.29. The van der Waals surface area contributed by atoms with Gasteiger partial charge in [-0.25, -0.2) is 0 Å². The van der Waals surface area contributed by atoms with Crippen LogP contribution < -0.4 is 20.1 Å². The summed E-state index contributed by atoms with van der Waals surface area (Å²) < 4.78 is 10.6. The van der Waals surface area contributed by atoms with Crippen LogP contribution >= 0.6 is 11.3 Å². The molecule has 3 aromatic rings. The van der Waals surface area contributed by atoms with Crippen LogP contribution in [0.3, 0.4) is 0 Å². The van der Waals surface area contributed by atoms with E-state index >= 15 is 0 Å². The Labute approximate surface area is 182 Å². The molecule has 1 amide bonds. The predicted octanol–water partition coefficient (Wildman–Crippen LogP) is 3.09. The molecule has 1 aromatic heterocycles. The third-order valence-electron chi connectivity index (χ3n) is 5.01. The molecule has 5 nitrogen and oxygen atoms in total. The number of thiophene rings is 1. The highest BCUT2D eigenvalue weighted by Crippen LogP contribution is 2.27. The van der Waals surface area contributed by atoms with Crippen LogP contribution in [-0.2, 0) is 11.2 Å². The molecule has 0 aliphatic heterocycles. The minimum atomic E-state index is 0.0316. The van der Waals surface area contributed by atoms with Crippen molar-refractivity contribution in [3.63, 3.8) is 0 Å². The Kier molecular flexibility index (Phi) is 7.88. The molecule has 0 saturated heterocycles. The van der Waals surface area contributed by atoms with E-state index in [-0.39, 0.29) is 11.9 Å². The van der Waals surface area contributed by atoms with Gasteiger partial charge in [-0.3, -0.25) is 4.79 Å². The number of benzene rings is 2. The molecule has 0 spiro atoms. The summed E-state index contributed by atoms with van der Waals surface area (Å²) in [6.07, 6.45) is 0.735. The van der Waals surface area contributed by atoms with Crippen molar-refractivity contribution in [2.24, 2.45) is 0 Å². The Morgan fingerprint density at radius 2 is 1.83 bits per heavy atom. The molecule has 0 unspecified atom stereocenters. The number of methoxy groups -OCH3 is 2. The highest BCUT2D eigenvalue weighted by molar-refractivity contribution is 7.10. The molecule has 30 heavy (non-hydrogen) atoms. The summed E-state index contributed by atoms with van der Waals surface area (Å²) in [6, 6.07) is 18.7. The fourth-order valence-corrected chi connectivity index (χ4v) is 4.19. The van der Waals surface area contributed by atoms with Gasteiger partial charge in [0.15, 0.2) is 18.0 Å². The minimum Gasteiger partial charge on any atom is -0.493 e. The van der Waals surface area contributed by atoms with Crippen LogP contribution in [0.4, 0.5) is 0 Å². The maximum absolute atomic E-state index is 12.4. The zero-order valence-electron chi connectivity index (χ0n) is 17.7. The molecule has 0 bridgehead atoms. The first kappa shape index (κ1) is 21.9. The molecule has 1 heterocycles. The van der Waals surface area contributed by atoms with Crippen molar-refractivity contribution in [3.05, 3.63) is 81.5 Å². The molecule has 0 aliphatic rings. The first-order valence-corrected chi connectivity index (χ1v) is 10.9. The van der Waals surface area contributed by atoms with Gasteiger partial charge in [-0.1, -0.05) is 42.0 Å². The second-order valence-electron chi connectivity index (χ2n) is 7.13. The Balaban J connectivity index is 1.53. The minimum absolute atomic E-state index is 0.0316. The summed E-state index contributed by atoms with van der Waals surface area (Å²) >= 11 is 1.72. The van der Waals surface area contributed by atoms with Crippen molar-refractivity contribution in [1.82, 2.24) is 5.32 Å². The molecule has 0 aliphatic carbocycles. The SMILES string of the molecule is COc1ccc(CCNC(=O)C[NH2+][C@H](c2ccc(C)cc2)c2cccs2)cc1OC. The average molecular weight is 426 g/mol. The molecule has 3 rings (SSSR count). The lowest BCUT2D eigenvalue weighted by Crippen LogP contribution is -2.87. The molecule has 0 fully saturated rings. The van der Waals surface area contributed by atoms with Gasteiger partial charge in [0.05, 0.1) is 19.1 Å². The third kappa shape index (κ3) is 5.84. The summed E-state index contributed by atoms with van der Waals surface area (Å²) in [5.74, 6) is 1.44. The summed E-state index contributed by atoms with van der Waals surface area (Å²) in [7, 11) is 3.24. The number of rotatable bonds is 10. The van der Waals surface area contributed by atoms with E-state index in [2.05, 4.69) is 59.3 Å². The number of carbonyl (C=O) groups is 1. The number of carbonyl (C=O) groups excluding carboxylic acids is 1. The number of nitrogens with one attached hydrogen (secondary N) is 1. The normalized spacial score (nSPS) is 11.7. The number of quaternary nitrogens is 1. The topological polar surface area (TPSA) is 64.2 Å². The molecule has 0 saturated carbocycles. The zero-order chi connectivity index (χ0) is 21.3. The van der Waals surface area contributed by atoms with Crippen LogP contribution in [0.5, 0.6) is 11.5 Å². The van der Waals surface area contributed by atoms with E-state index < -0.39 is 0 Å². The third-order valence-corrected chi connectivity index (χ3v) is 5.96. The first-order valence-electron chi connectivity index (χ1n) is 10.0. The van der Waals surface area contributed by atoms with E-state index in [9.17, 15) is 4.79 Å². The second kappa shape index (κ2) is 10.8. The number of hydrogen-bond donors (Lipinski definition) is 2. The Morgan fingerprint density at radius 3 is 2.50 bits per heavy atom. The van der Waals surface area contributed by atoms with Crippen molar-refractivity contribution < 1.29 is 19.6 Å². The number of aryl methyl sites for hydroxylation is 1. The van der Waals surface area contributed by atoms with Crippen molar-refractivity contribution in [2.45, 2.75) is 19.4 Å². The first-order chi connectivity index (χ1) is 14.6. The van der Waals surface area contributed by atoms with Gasteiger partial charge in [0.2, 0.25) is 0 Å². The lowest BCUT2D eigenvalue weighted by atomic mass is 10.0. The van der Waals surface area contributed by atoms with Crippen molar-refractivity contribution in [1.29, 1.82) is 0 Å². The lowest BCUT2D eigenvalue weighted by molar-refractivity contribution is -0.676. The summed E-state index contributed by atoms with van der Waals surface area (Å²) in [6.45, 7) is 3.04. The van der Waals surface area contributed by atoms with Gasteiger partial charge in [0.1, 0.15) is 6.04 Å². The molecule has 158 valence electrons. The number of nitrogens with two attached hydrogens (primary N) is 1.